The molecular weight excluding hydrogens is 348 g/mol. The van der Waals surface area contributed by atoms with Crippen LogP contribution >= 0.6 is 15.9 Å². The largest absolute Gasteiger partial charge is 0.480 e. The first-order chi connectivity index (χ1) is 10.5. The lowest BCUT2D eigenvalue weighted by atomic mass is 9.76. The molecule has 2 N–H and O–H groups in total. The summed E-state index contributed by atoms with van der Waals surface area (Å²) in [6.07, 6.45) is 6.79. The fourth-order valence-electron chi connectivity index (χ4n) is 3.89. The van der Waals surface area contributed by atoms with E-state index in [1.807, 2.05) is 12.1 Å². The maximum Gasteiger partial charge on any atom is 0.329 e. The standard InChI is InChI=1S/C16H21BrN2O3/c17-12-1-2-13(19-9-12)16(22-10-14(20)21)4-3-15(11-16)5-7-18-8-6-15/h1-2,9,18H,3-8,10-11H2,(H,20,21). The average Bonchev–Trinajstić information content (AvgIpc) is 2.86. The van der Waals surface area contributed by atoms with Gasteiger partial charge in [-0.2, -0.15) is 0 Å². The zero-order valence-electron chi connectivity index (χ0n) is 12.5. The van der Waals surface area contributed by atoms with E-state index in [4.69, 9.17) is 9.84 Å². The predicted octanol–water partition coefficient (Wildman–Crippen LogP) is 2.69. The summed E-state index contributed by atoms with van der Waals surface area (Å²) in [7, 11) is 0. The Hall–Kier alpha value is -0.980. The van der Waals surface area contributed by atoms with E-state index in [-0.39, 0.29) is 12.0 Å². The summed E-state index contributed by atoms with van der Waals surface area (Å²) in [6, 6.07) is 3.90. The normalized spacial score (nSPS) is 27.1. The highest BCUT2D eigenvalue weighted by Crippen LogP contribution is 2.55. The molecule has 5 nitrogen and oxygen atoms in total. The summed E-state index contributed by atoms with van der Waals surface area (Å²) >= 11 is 3.40. The number of carboxylic acids is 1. The molecule has 120 valence electrons. The van der Waals surface area contributed by atoms with Gasteiger partial charge in [-0.15, -0.1) is 0 Å². The van der Waals surface area contributed by atoms with E-state index in [9.17, 15) is 4.79 Å². The van der Waals surface area contributed by atoms with Gasteiger partial charge in [-0.25, -0.2) is 4.79 Å². The van der Waals surface area contributed by atoms with Crippen LogP contribution in [0.2, 0.25) is 0 Å². The molecule has 3 rings (SSSR count). The van der Waals surface area contributed by atoms with Crippen LogP contribution in [0.15, 0.2) is 22.8 Å². The van der Waals surface area contributed by atoms with E-state index in [1.54, 1.807) is 6.20 Å². The summed E-state index contributed by atoms with van der Waals surface area (Å²) in [5, 5.41) is 12.4. The molecule has 0 radical (unpaired) electrons. The molecule has 1 atom stereocenters. The van der Waals surface area contributed by atoms with Gasteiger partial charge in [-0.1, -0.05) is 0 Å². The summed E-state index contributed by atoms with van der Waals surface area (Å²) in [5.74, 6) is -0.928. The topological polar surface area (TPSA) is 71.5 Å². The minimum absolute atomic E-state index is 0.262. The number of aromatic nitrogens is 1. The Morgan fingerprint density at radius 1 is 1.32 bits per heavy atom. The Morgan fingerprint density at radius 3 is 2.73 bits per heavy atom. The number of nitrogens with one attached hydrogen (secondary N) is 1. The maximum atomic E-state index is 11.0. The Labute approximate surface area is 138 Å². The molecule has 2 heterocycles. The van der Waals surface area contributed by atoms with Crippen molar-refractivity contribution in [1.29, 1.82) is 0 Å². The lowest BCUT2D eigenvalue weighted by Gasteiger charge is -2.36. The Bertz CT molecular complexity index is 543. The SMILES string of the molecule is O=C(O)COC1(c2ccc(Br)cn2)CCC2(CCNCC2)C1. The number of carbonyl (C=O) groups is 1. The predicted molar refractivity (Wildman–Crippen MR) is 85.6 cm³/mol. The third-order valence-electron chi connectivity index (χ3n) is 5.05. The van der Waals surface area contributed by atoms with E-state index in [0.717, 1.165) is 55.4 Å². The van der Waals surface area contributed by atoms with E-state index < -0.39 is 11.6 Å². The zero-order chi connectivity index (χ0) is 15.6. The van der Waals surface area contributed by atoms with Gasteiger partial charge < -0.3 is 15.2 Å². The average molecular weight is 369 g/mol. The van der Waals surface area contributed by atoms with Gasteiger partial charge in [0.25, 0.3) is 0 Å². The molecule has 1 aliphatic heterocycles. The first kappa shape index (κ1) is 15.9. The highest BCUT2D eigenvalue weighted by molar-refractivity contribution is 9.10. The molecule has 1 spiro atoms. The van der Waals surface area contributed by atoms with Crippen molar-refractivity contribution in [3.63, 3.8) is 0 Å². The number of carboxylic acid groups (broad SMARTS) is 1. The summed E-state index contributed by atoms with van der Waals surface area (Å²) in [4.78, 5) is 15.5. The van der Waals surface area contributed by atoms with E-state index >= 15 is 0 Å². The summed E-state index contributed by atoms with van der Waals surface area (Å²) in [6.45, 7) is 1.79. The molecule has 0 amide bonds. The first-order valence-corrected chi connectivity index (χ1v) is 8.52. The van der Waals surface area contributed by atoms with Crippen LogP contribution in [0.25, 0.3) is 0 Å². The molecule has 22 heavy (non-hydrogen) atoms. The van der Waals surface area contributed by atoms with Gasteiger partial charge in [-0.3, -0.25) is 4.98 Å². The minimum Gasteiger partial charge on any atom is -0.480 e. The Balaban J connectivity index is 1.87. The van der Waals surface area contributed by atoms with Crippen LogP contribution in [0.3, 0.4) is 0 Å². The molecule has 0 aromatic carbocycles. The molecule has 1 aromatic rings. The Morgan fingerprint density at radius 2 is 2.09 bits per heavy atom. The molecule has 0 bridgehead atoms. The summed E-state index contributed by atoms with van der Waals surface area (Å²) < 4.78 is 6.82. The number of hydrogen-bond acceptors (Lipinski definition) is 4. The number of aliphatic carboxylic acids is 1. The van der Waals surface area contributed by atoms with Crippen molar-refractivity contribution in [2.75, 3.05) is 19.7 Å². The van der Waals surface area contributed by atoms with Crippen molar-refractivity contribution >= 4 is 21.9 Å². The fourth-order valence-corrected chi connectivity index (χ4v) is 4.13. The van der Waals surface area contributed by atoms with Crippen molar-refractivity contribution in [3.05, 3.63) is 28.5 Å². The van der Waals surface area contributed by atoms with Crippen molar-refractivity contribution < 1.29 is 14.6 Å². The fraction of sp³-hybridized carbons (Fsp3) is 0.625. The van der Waals surface area contributed by atoms with Crippen LogP contribution in [-0.2, 0) is 15.1 Å². The van der Waals surface area contributed by atoms with Crippen LogP contribution in [0.5, 0.6) is 0 Å². The second-order valence-corrected chi connectivity index (χ2v) is 7.38. The molecule has 1 saturated heterocycles. The van der Waals surface area contributed by atoms with Crippen LogP contribution < -0.4 is 5.32 Å². The zero-order valence-corrected chi connectivity index (χ0v) is 14.1. The maximum absolute atomic E-state index is 11.0. The number of nitrogens with zero attached hydrogens (tertiary/aromatic N) is 1. The van der Waals surface area contributed by atoms with Gasteiger partial charge in [0.1, 0.15) is 12.2 Å². The van der Waals surface area contributed by atoms with Crippen molar-refractivity contribution in [1.82, 2.24) is 10.3 Å². The van der Waals surface area contributed by atoms with Crippen molar-refractivity contribution in [3.8, 4) is 0 Å². The minimum atomic E-state index is -0.928. The molecule has 6 heteroatoms. The Kier molecular flexibility index (Phi) is 4.52. The smallest absolute Gasteiger partial charge is 0.329 e. The van der Waals surface area contributed by atoms with E-state index in [0.29, 0.717) is 0 Å². The number of piperidine rings is 1. The van der Waals surface area contributed by atoms with Crippen LogP contribution in [0.1, 0.15) is 37.8 Å². The van der Waals surface area contributed by atoms with Crippen LogP contribution in [0.4, 0.5) is 0 Å². The molecule has 1 saturated carbocycles. The van der Waals surface area contributed by atoms with Gasteiger partial charge in [0, 0.05) is 10.7 Å². The highest BCUT2D eigenvalue weighted by atomic mass is 79.9. The quantitative estimate of drug-likeness (QED) is 0.854. The third-order valence-corrected chi connectivity index (χ3v) is 5.52. The lowest BCUT2D eigenvalue weighted by Crippen LogP contribution is -2.38. The monoisotopic (exact) mass is 368 g/mol. The lowest BCUT2D eigenvalue weighted by molar-refractivity contribution is -0.151. The van der Waals surface area contributed by atoms with Crippen molar-refractivity contribution in [2.24, 2.45) is 5.41 Å². The molecule has 1 unspecified atom stereocenters. The molecule has 1 aromatic heterocycles. The van der Waals surface area contributed by atoms with Gasteiger partial charge in [0.2, 0.25) is 0 Å². The van der Waals surface area contributed by atoms with E-state index in [2.05, 4.69) is 26.2 Å². The van der Waals surface area contributed by atoms with Crippen molar-refractivity contribution in [2.45, 2.75) is 37.7 Å². The third kappa shape index (κ3) is 3.19. The molecular formula is C16H21BrN2O3. The number of ether oxygens (including phenoxy) is 1. The van der Waals surface area contributed by atoms with Gasteiger partial charge >= 0.3 is 5.97 Å². The number of pyridine rings is 1. The molecule has 2 aliphatic rings. The van der Waals surface area contributed by atoms with E-state index in [1.165, 1.54) is 0 Å². The van der Waals surface area contributed by atoms with Gasteiger partial charge in [-0.05, 0) is 78.7 Å². The van der Waals surface area contributed by atoms with Gasteiger partial charge in [0.15, 0.2) is 0 Å². The molecule has 1 aliphatic carbocycles. The molecule has 2 fully saturated rings. The number of hydrogen-bond donors (Lipinski definition) is 2. The second kappa shape index (κ2) is 6.26. The van der Waals surface area contributed by atoms with Crippen LogP contribution in [-0.4, -0.2) is 35.8 Å². The number of halogens is 1. The highest BCUT2D eigenvalue weighted by Gasteiger charge is 2.51. The van der Waals surface area contributed by atoms with Crippen LogP contribution in [0, 0.1) is 5.41 Å². The second-order valence-electron chi connectivity index (χ2n) is 6.47. The summed E-state index contributed by atoms with van der Waals surface area (Å²) in [5.41, 5.74) is 0.557. The first-order valence-electron chi connectivity index (χ1n) is 7.72. The van der Waals surface area contributed by atoms with Gasteiger partial charge in [0.05, 0.1) is 5.69 Å². The number of rotatable bonds is 4.